The lowest BCUT2D eigenvalue weighted by atomic mass is 9.84. The van der Waals surface area contributed by atoms with Gasteiger partial charge >= 0.3 is 18.0 Å². The first kappa shape index (κ1) is 19.2. The summed E-state index contributed by atoms with van der Waals surface area (Å²) in [5, 5.41) is 8.94. The third-order valence-electron chi connectivity index (χ3n) is 3.44. The molecule has 0 N–H and O–H groups in total. The monoisotopic (exact) mass is 343 g/mol. The highest BCUT2D eigenvalue weighted by atomic mass is 19.4. The van der Waals surface area contributed by atoms with Gasteiger partial charge in [0, 0.05) is 12.7 Å². The van der Waals surface area contributed by atoms with Gasteiger partial charge in [0.25, 0.3) is 0 Å². The molecule has 9 heteroatoms. The number of rotatable bonds is 5. The Morgan fingerprint density at radius 3 is 2.00 bits per heavy atom. The molecule has 23 heavy (non-hydrogen) atoms. The van der Waals surface area contributed by atoms with Crippen molar-refractivity contribution in [2.45, 2.75) is 37.0 Å². The van der Waals surface area contributed by atoms with Crippen molar-refractivity contribution < 1.29 is 35.5 Å². The Hall–Kier alpha value is -1.82. The van der Waals surface area contributed by atoms with Crippen LogP contribution in [0.2, 0.25) is 0 Å². The molecular formula is C14H12F7NO. The van der Waals surface area contributed by atoms with Crippen LogP contribution in [0.1, 0.15) is 24.5 Å². The number of hydrogen-bond donors (Lipinski definition) is 0. The van der Waals surface area contributed by atoms with E-state index in [-0.39, 0.29) is 11.1 Å². The van der Waals surface area contributed by atoms with Crippen molar-refractivity contribution in [2.75, 3.05) is 7.11 Å². The van der Waals surface area contributed by atoms with Crippen LogP contribution in [0.3, 0.4) is 0 Å². The van der Waals surface area contributed by atoms with Gasteiger partial charge in [-0.3, -0.25) is 0 Å². The number of ether oxygens (including phenoxy) is 1. The molecule has 0 heterocycles. The van der Waals surface area contributed by atoms with E-state index >= 15 is 0 Å². The van der Waals surface area contributed by atoms with E-state index in [1.807, 2.05) is 0 Å². The predicted molar refractivity (Wildman–Crippen MR) is 66.1 cm³/mol. The molecule has 0 fully saturated rings. The zero-order valence-corrected chi connectivity index (χ0v) is 12.0. The fraction of sp³-hybridized carbons (Fsp3) is 0.500. The molecular weight excluding hydrogens is 331 g/mol. The normalized spacial score (nSPS) is 15.8. The number of halogens is 7. The van der Waals surface area contributed by atoms with Crippen LogP contribution in [-0.4, -0.2) is 25.1 Å². The minimum Gasteiger partial charge on any atom is -0.374 e. The van der Waals surface area contributed by atoms with E-state index in [2.05, 4.69) is 0 Å². The average Bonchev–Trinajstić information content (AvgIpc) is 2.45. The standard InChI is InChI=1S/C14H12F7NO/c1-11(23-2,10-6-4-3-5-9(10)7-22)8-12(15,16)13(17,18)14(19,20)21/h3-6H,8H2,1-2H3. The molecule has 1 aromatic carbocycles. The minimum absolute atomic E-state index is 0.164. The van der Waals surface area contributed by atoms with Gasteiger partial charge in [0.1, 0.15) is 0 Å². The van der Waals surface area contributed by atoms with Crippen LogP contribution in [0.4, 0.5) is 30.7 Å². The third-order valence-corrected chi connectivity index (χ3v) is 3.44. The molecule has 0 amide bonds. The smallest absolute Gasteiger partial charge is 0.374 e. The lowest BCUT2D eigenvalue weighted by molar-refractivity contribution is -0.362. The fourth-order valence-corrected chi connectivity index (χ4v) is 2.06. The van der Waals surface area contributed by atoms with Crippen LogP contribution < -0.4 is 0 Å². The Morgan fingerprint density at radius 1 is 1.04 bits per heavy atom. The predicted octanol–water partition coefficient (Wildman–Crippen LogP) is 4.64. The molecule has 0 aliphatic heterocycles. The van der Waals surface area contributed by atoms with Crippen molar-refractivity contribution in [1.82, 2.24) is 0 Å². The van der Waals surface area contributed by atoms with Crippen LogP contribution in [0, 0.1) is 11.3 Å². The molecule has 1 atom stereocenters. The second-order valence-electron chi connectivity index (χ2n) is 5.05. The molecule has 0 saturated carbocycles. The van der Waals surface area contributed by atoms with E-state index in [0.717, 1.165) is 20.1 Å². The number of hydrogen-bond acceptors (Lipinski definition) is 2. The zero-order valence-electron chi connectivity index (χ0n) is 12.0. The molecule has 0 bridgehead atoms. The number of benzene rings is 1. The average molecular weight is 343 g/mol. The van der Waals surface area contributed by atoms with Gasteiger partial charge in [-0.2, -0.15) is 36.0 Å². The first-order valence-corrected chi connectivity index (χ1v) is 6.19. The topological polar surface area (TPSA) is 33.0 Å². The van der Waals surface area contributed by atoms with E-state index in [9.17, 15) is 30.7 Å². The van der Waals surface area contributed by atoms with Crippen LogP contribution in [-0.2, 0) is 10.3 Å². The van der Waals surface area contributed by atoms with Gasteiger partial charge in [-0.05, 0) is 13.0 Å². The van der Waals surface area contributed by atoms with Crippen molar-refractivity contribution in [3.8, 4) is 6.07 Å². The first-order valence-electron chi connectivity index (χ1n) is 6.19. The second kappa shape index (κ2) is 6.00. The lowest BCUT2D eigenvalue weighted by Crippen LogP contribution is -2.54. The van der Waals surface area contributed by atoms with E-state index in [1.165, 1.54) is 18.2 Å². The quantitative estimate of drug-likeness (QED) is 0.730. The second-order valence-corrected chi connectivity index (χ2v) is 5.05. The summed E-state index contributed by atoms with van der Waals surface area (Å²) >= 11 is 0. The van der Waals surface area contributed by atoms with Gasteiger partial charge in [-0.15, -0.1) is 0 Å². The molecule has 0 radical (unpaired) electrons. The van der Waals surface area contributed by atoms with Crippen LogP contribution in [0.25, 0.3) is 0 Å². The number of nitrogens with zero attached hydrogens (tertiary/aromatic N) is 1. The van der Waals surface area contributed by atoms with Crippen molar-refractivity contribution in [3.63, 3.8) is 0 Å². The molecule has 0 spiro atoms. The van der Waals surface area contributed by atoms with Crippen molar-refractivity contribution >= 4 is 0 Å². The molecule has 0 saturated heterocycles. The van der Waals surface area contributed by atoms with Crippen LogP contribution in [0.15, 0.2) is 24.3 Å². The zero-order chi connectivity index (χ0) is 18.1. The summed E-state index contributed by atoms with van der Waals surface area (Å²) in [4.78, 5) is 0. The number of methoxy groups -OCH3 is 1. The number of alkyl halides is 7. The maximum atomic E-state index is 13.7. The van der Waals surface area contributed by atoms with Crippen molar-refractivity contribution in [2.24, 2.45) is 0 Å². The van der Waals surface area contributed by atoms with Crippen molar-refractivity contribution in [3.05, 3.63) is 35.4 Å². The maximum absolute atomic E-state index is 13.7. The highest BCUT2D eigenvalue weighted by molar-refractivity contribution is 5.41. The molecule has 1 unspecified atom stereocenters. The van der Waals surface area contributed by atoms with E-state index in [4.69, 9.17) is 10.00 Å². The highest BCUT2D eigenvalue weighted by Gasteiger charge is 2.73. The SMILES string of the molecule is COC(C)(CC(F)(F)C(F)(F)C(F)(F)F)c1ccccc1C#N. The summed E-state index contributed by atoms with van der Waals surface area (Å²) < 4.78 is 95.0. The van der Waals surface area contributed by atoms with Crippen LogP contribution in [0.5, 0.6) is 0 Å². The van der Waals surface area contributed by atoms with Gasteiger partial charge in [-0.25, -0.2) is 0 Å². The lowest BCUT2D eigenvalue weighted by Gasteiger charge is -2.36. The number of nitriles is 1. The molecule has 1 rings (SSSR count). The van der Waals surface area contributed by atoms with Gasteiger partial charge in [0.15, 0.2) is 0 Å². The van der Waals surface area contributed by atoms with Gasteiger partial charge in [0.05, 0.1) is 23.7 Å². The summed E-state index contributed by atoms with van der Waals surface area (Å²) in [5.41, 5.74) is -2.59. The first-order chi connectivity index (χ1) is 10.3. The molecule has 2 nitrogen and oxygen atoms in total. The minimum atomic E-state index is -6.42. The fourth-order valence-electron chi connectivity index (χ4n) is 2.06. The Bertz CT molecular complexity index is 606. The van der Waals surface area contributed by atoms with E-state index in [0.29, 0.717) is 0 Å². The molecule has 1 aromatic rings. The Kier molecular flexibility index (Phi) is 5.01. The highest BCUT2D eigenvalue weighted by Crippen LogP contribution is 2.51. The summed E-state index contributed by atoms with van der Waals surface area (Å²) in [6.45, 7) is 0.920. The summed E-state index contributed by atoms with van der Waals surface area (Å²) in [5.74, 6) is -11.7. The Morgan fingerprint density at radius 2 is 1.57 bits per heavy atom. The largest absolute Gasteiger partial charge is 0.459 e. The van der Waals surface area contributed by atoms with Gasteiger partial charge in [0.2, 0.25) is 0 Å². The van der Waals surface area contributed by atoms with Crippen molar-refractivity contribution in [1.29, 1.82) is 5.26 Å². The van der Waals surface area contributed by atoms with Crippen LogP contribution >= 0.6 is 0 Å². The molecule has 0 aliphatic rings. The molecule has 0 aromatic heterocycles. The summed E-state index contributed by atoms with van der Waals surface area (Å²) in [6, 6.07) is 6.74. The van der Waals surface area contributed by atoms with E-state index < -0.39 is 30.0 Å². The summed E-state index contributed by atoms with van der Waals surface area (Å²) in [7, 11) is 0.885. The molecule has 0 aliphatic carbocycles. The molecule has 128 valence electrons. The third kappa shape index (κ3) is 3.42. The Balaban J connectivity index is 3.34. The van der Waals surface area contributed by atoms with E-state index in [1.54, 1.807) is 6.07 Å². The maximum Gasteiger partial charge on any atom is 0.459 e. The van der Waals surface area contributed by atoms with Gasteiger partial charge < -0.3 is 4.74 Å². The Labute approximate surface area is 127 Å². The van der Waals surface area contributed by atoms with Gasteiger partial charge in [-0.1, -0.05) is 18.2 Å². The summed E-state index contributed by atoms with van der Waals surface area (Å²) in [6.07, 6.45) is -8.37.